The maximum atomic E-state index is 11.9. The molecule has 0 aliphatic carbocycles. The van der Waals surface area contributed by atoms with E-state index in [1.807, 2.05) is 0 Å². The summed E-state index contributed by atoms with van der Waals surface area (Å²) in [5.74, 6) is 0.207. The van der Waals surface area contributed by atoms with E-state index in [2.05, 4.69) is 38.3 Å². The first-order valence-electron chi connectivity index (χ1n) is 6.12. The van der Waals surface area contributed by atoms with Crippen LogP contribution in [0.25, 0.3) is 5.65 Å². The summed E-state index contributed by atoms with van der Waals surface area (Å²) in [7, 11) is 0. The topological polar surface area (TPSA) is 68.5 Å². The standard InChI is InChI=1S/C12H15BrN4O2/c1-3-5-14-10-8(12(18)19-4-2)6-15-11-9(13)7-16-17(10)11/h6-7,14H,3-5H2,1-2H3. The van der Waals surface area contributed by atoms with E-state index in [0.717, 1.165) is 17.4 Å². The summed E-state index contributed by atoms with van der Waals surface area (Å²) in [5.41, 5.74) is 1.05. The van der Waals surface area contributed by atoms with Crippen molar-refractivity contribution in [2.24, 2.45) is 0 Å². The lowest BCUT2D eigenvalue weighted by Crippen LogP contribution is -2.15. The summed E-state index contributed by atoms with van der Waals surface area (Å²) >= 11 is 3.37. The number of halogens is 1. The van der Waals surface area contributed by atoms with Gasteiger partial charge in [0, 0.05) is 12.7 Å². The number of carbonyl (C=O) groups is 1. The normalized spacial score (nSPS) is 10.7. The molecule has 1 N–H and O–H groups in total. The molecule has 2 rings (SSSR count). The molecule has 2 heterocycles. The minimum Gasteiger partial charge on any atom is -0.462 e. The molecular weight excluding hydrogens is 312 g/mol. The lowest BCUT2D eigenvalue weighted by Gasteiger charge is -2.11. The molecule has 0 amide bonds. The fourth-order valence-electron chi connectivity index (χ4n) is 1.67. The highest BCUT2D eigenvalue weighted by Crippen LogP contribution is 2.22. The van der Waals surface area contributed by atoms with Crippen LogP contribution in [0.2, 0.25) is 0 Å². The highest BCUT2D eigenvalue weighted by Gasteiger charge is 2.18. The number of hydrogen-bond donors (Lipinski definition) is 1. The van der Waals surface area contributed by atoms with E-state index in [0.29, 0.717) is 23.6 Å². The van der Waals surface area contributed by atoms with Gasteiger partial charge >= 0.3 is 5.97 Å². The highest BCUT2D eigenvalue weighted by atomic mass is 79.9. The third kappa shape index (κ3) is 2.70. The number of esters is 1. The number of ether oxygens (including phenoxy) is 1. The van der Waals surface area contributed by atoms with Gasteiger partial charge in [0.1, 0.15) is 11.4 Å². The molecule has 2 aromatic heterocycles. The van der Waals surface area contributed by atoms with Crippen LogP contribution in [0.4, 0.5) is 5.82 Å². The predicted octanol–water partition coefficient (Wildman–Crippen LogP) is 2.49. The number of nitrogens with one attached hydrogen (secondary N) is 1. The molecular formula is C12H15BrN4O2. The molecule has 0 aromatic carbocycles. The molecule has 0 unspecified atom stereocenters. The molecule has 102 valence electrons. The van der Waals surface area contributed by atoms with Crippen molar-refractivity contribution in [1.82, 2.24) is 14.6 Å². The van der Waals surface area contributed by atoms with E-state index in [9.17, 15) is 4.79 Å². The molecule has 0 atom stereocenters. The Hall–Kier alpha value is -1.63. The zero-order chi connectivity index (χ0) is 13.8. The summed E-state index contributed by atoms with van der Waals surface area (Å²) in [6.45, 7) is 4.89. The minimum atomic E-state index is -0.401. The van der Waals surface area contributed by atoms with Gasteiger partial charge in [0.15, 0.2) is 5.65 Å². The average molecular weight is 327 g/mol. The van der Waals surface area contributed by atoms with E-state index >= 15 is 0 Å². The number of carbonyl (C=O) groups excluding carboxylic acids is 1. The number of fused-ring (bicyclic) bond motifs is 1. The lowest BCUT2D eigenvalue weighted by molar-refractivity contribution is 0.0526. The maximum absolute atomic E-state index is 11.9. The van der Waals surface area contributed by atoms with Gasteiger partial charge in [-0.2, -0.15) is 9.61 Å². The van der Waals surface area contributed by atoms with Crippen molar-refractivity contribution in [1.29, 1.82) is 0 Å². The number of rotatable bonds is 5. The Kier molecular flexibility index (Phi) is 4.36. The average Bonchev–Trinajstić information content (AvgIpc) is 2.78. The molecule has 0 aliphatic rings. The van der Waals surface area contributed by atoms with E-state index < -0.39 is 5.97 Å². The van der Waals surface area contributed by atoms with Crippen LogP contribution in [0, 0.1) is 0 Å². The van der Waals surface area contributed by atoms with Crippen molar-refractivity contribution >= 4 is 33.4 Å². The molecule has 2 aromatic rings. The van der Waals surface area contributed by atoms with Crippen LogP contribution in [0.1, 0.15) is 30.6 Å². The van der Waals surface area contributed by atoms with Gasteiger partial charge in [-0.3, -0.25) is 0 Å². The van der Waals surface area contributed by atoms with Gasteiger partial charge in [-0.1, -0.05) is 6.92 Å². The Balaban J connectivity index is 2.52. The number of nitrogens with zero attached hydrogens (tertiary/aromatic N) is 3. The van der Waals surface area contributed by atoms with Gasteiger partial charge in [0.25, 0.3) is 0 Å². The first kappa shape index (κ1) is 13.8. The summed E-state index contributed by atoms with van der Waals surface area (Å²) in [6, 6.07) is 0. The Morgan fingerprint density at radius 1 is 1.47 bits per heavy atom. The molecule has 0 bridgehead atoms. The second kappa shape index (κ2) is 6.01. The first-order valence-corrected chi connectivity index (χ1v) is 6.91. The van der Waals surface area contributed by atoms with Gasteiger partial charge in [-0.25, -0.2) is 9.78 Å². The van der Waals surface area contributed by atoms with Crippen molar-refractivity contribution in [3.63, 3.8) is 0 Å². The van der Waals surface area contributed by atoms with Crippen LogP contribution in [0.5, 0.6) is 0 Å². The van der Waals surface area contributed by atoms with E-state index in [-0.39, 0.29) is 0 Å². The second-order valence-electron chi connectivity index (χ2n) is 3.90. The van der Waals surface area contributed by atoms with Crippen LogP contribution < -0.4 is 5.32 Å². The smallest absolute Gasteiger partial charge is 0.343 e. The monoisotopic (exact) mass is 326 g/mol. The van der Waals surface area contributed by atoms with Crippen LogP contribution >= 0.6 is 15.9 Å². The maximum Gasteiger partial charge on any atom is 0.343 e. The van der Waals surface area contributed by atoms with E-state index in [1.165, 1.54) is 6.20 Å². The Morgan fingerprint density at radius 2 is 2.26 bits per heavy atom. The van der Waals surface area contributed by atoms with Crippen molar-refractivity contribution in [3.05, 3.63) is 22.4 Å². The fraction of sp³-hybridized carbons (Fsp3) is 0.417. The lowest BCUT2D eigenvalue weighted by atomic mass is 10.3. The van der Waals surface area contributed by atoms with Crippen molar-refractivity contribution < 1.29 is 9.53 Å². The number of anilines is 1. The first-order chi connectivity index (χ1) is 9.19. The van der Waals surface area contributed by atoms with Crippen LogP contribution in [0.3, 0.4) is 0 Å². The van der Waals surface area contributed by atoms with E-state index in [1.54, 1.807) is 17.6 Å². The zero-order valence-electron chi connectivity index (χ0n) is 10.8. The van der Waals surface area contributed by atoms with Gasteiger partial charge in [0.05, 0.1) is 17.3 Å². The molecule has 0 saturated heterocycles. The number of aromatic nitrogens is 3. The summed E-state index contributed by atoms with van der Waals surface area (Å²) in [5, 5.41) is 7.41. The SMILES string of the molecule is CCCNc1c(C(=O)OCC)cnc2c(Br)cnn12. The molecule has 19 heavy (non-hydrogen) atoms. The van der Waals surface area contributed by atoms with Gasteiger partial charge in [-0.15, -0.1) is 0 Å². The molecule has 6 nitrogen and oxygen atoms in total. The highest BCUT2D eigenvalue weighted by molar-refractivity contribution is 9.10. The fourth-order valence-corrected chi connectivity index (χ4v) is 2.04. The molecule has 0 radical (unpaired) electrons. The van der Waals surface area contributed by atoms with Gasteiger partial charge in [-0.05, 0) is 29.3 Å². The summed E-state index contributed by atoms with van der Waals surface area (Å²) in [6.07, 6.45) is 4.10. The Labute approximate surface area is 119 Å². The molecule has 0 fully saturated rings. The molecule has 0 aliphatic heterocycles. The Bertz CT molecular complexity index is 597. The van der Waals surface area contributed by atoms with Crippen LogP contribution in [0.15, 0.2) is 16.9 Å². The minimum absolute atomic E-state index is 0.326. The molecule has 7 heteroatoms. The van der Waals surface area contributed by atoms with Crippen LogP contribution in [-0.4, -0.2) is 33.7 Å². The predicted molar refractivity (Wildman–Crippen MR) is 75.4 cm³/mol. The van der Waals surface area contributed by atoms with E-state index in [4.69, 9.17) is 4.74 Å². The van der Waals surface area contributed by atoms with Crippen LogP contribution in [-0.2, 0) is 4.74 Å². The summed E-state index contributed by atoms with van der Waals surface area (Å²) in [4.78, 5) is 16.1. The largest absolute Gasteiger partial charge is 0.462 e. The van der Waals surface area contributed by atoms with Gasteiger partial charge in [0.2, 0.25) is 0 Å². The third-order valence-electron chi connectivity index (χ3n) is 2.52. The quantitative estimate of drug-likeness (QED) is 0.855. The summed E-state index contributed by atoms with van der Waals surface area (Å²) < 4.78 is 7.42. The zero-order valence-corrected chi connectivity index (χ0v) is 12.4. The van der Waals surface area contributed by atoms with Crippen molar-refractivity contribution in [2.75, 3.05) is 18.5 Å². The molecule has 0 spiro atoms. The third-order valence-corrected chi connectivity index (χ3v) is 3.08. The van der Waals surface area contributed by atoms with Gasteiger partial charge < -0.3 is 10.1 Å². The number of hydrogen-bond acceptors (Lipinski definition) is 5. The molecule has 0 saturated carbocycles. The van der Waals surface area contributed by atoms with Crippen molar-refractivity contribution in [2.45, 2.75) is 20.3 Å². The second-order valence-corrected chi connectivity index (χ2v) is 4.75. The Morgan fingerprint density at radius 3 is 2.95 bits per heavy atom. The van der Waals surface area contributed by atoms with Crippen molar-refractivity contribution in [3.8, 4) is 0 Å².